The van der Waals surface area contributed by atoms with Gasteiger partial charge in [-0.15, -0.1) is 0 Å². The Labute approximate surface area is 143 Å². The van der Waals surface area contributed by atoms with Gasteiger partial charge in [-0.1, -0.05) is 0 Å². The van der Waals surface area contributed by atoms with Crippen molar-refractivity contribution >= 4 is 11.9 Å². The van der Waals surface area contributed by atoms with Crippen LogP contribution in [0.25, 0.3) is 0 Å². The van der Waals surface area contributed by atoms with Crippen molar-refractivity contribution in [2.24, 2.45) is 0 Å². The fourth-order valence-electron chi connectivity index (χ4n) is 1.33. The number of aromatic carboxylic acids is 1. The van der Waals surface area contributed by atoms with E-state index >= 15 is 0 Å². The van der Waals surface area contributed by atoms with Crippen molar-refractivity contribution in [3.63, 3.8) is 0 Å². The van der Waals surface area contributed by atoms with E-state index in [9.17, 15) is 20.0 Å². The minimum Gasteiger partial charge on any atom is -0.661 e. The molecule has 17 heavy (non-hydrogen) atoms. The van der Waals surface area contributed by atoms with Crippen LogP contribution < -0.4 is 69.5 Å². The number of carbonyl (C=O) groups is 2. The molecule has 1 aromatic carbocycles. The Morgan fingerprint density at radius 2 is 1.59 bits per heavy atom. The summed E-state index contributed by atoms with van der Waals surface area (Å²) in [5, 5.41) is 20.7. The topological polar surface area (TPSA) is 89.5 Å². The molecule has 0 saturated heterocycles. The zero-order chi connectivity index (χ0) is 11.6. The number of benzene rings is 1. The van der Waals surface area contributed by atoms with Crippen LogP contribution >= 0.6 is 0 Å². The molecule has 0 radical (unpaired) electrons. The molecule has 1 aromatic rings. The molecule has 0 fully saturated rings. The van der Waals surface area contributed by atoms with Crippen molar-refractivity contribution in [2.45, 2.75) is 13.8 Å². The first-order valence-electron chi connectivity index (χ1n) is 4.14. The molecule has 0 aliphatic carbocycles. The Bertz CT molecular complexity index is 431. The van der Waals surface area contributed by atoms with E-state index in [-0.39, 0.29) is 75.8 Å². The third-order valence-electron chi connectivity index (χ3n) is 2.07. The van der Waals surface area contributed by atoms with Crippen LogP contribution in [0.3, 0.4) is 0 Å². The van der Waals surface area contributed by atoms with E-state index in [1.165, 1.54) is 19.1 Å². The molecule has 5 nitrogen and oxygen atoms in total. The van der Waals surface area contributed by atoms with E-state index in [2.05, 4.69) is 4.89 Å². The van der Waals surface area contributed by atoms with Crippen LogP contribution in [-0.4, -0.2) is 11.9 Å². The van der Waals surface area contributed by atoms with Crippen LogP contribution in [0.2, 0.25) is 0 Å². The van der Waals surface area contributed by atoms with E-state index in [1.54, 1.807) is 6.92 Å². The van der Waals surface area contributed by atoms with Crippen molar-refractivity contribution in [1.82, 2.24) is 0 Å². The van der Waals surface area contributed by atoms with Gasteiger partial charge in [0.1, 0.15) is 0 Å². The van der Waals surface area contributed by atoms with E-state index < -0.39 is 11.9 Å². The van der Waals surface area contributed by atoms with Gasteiger partial charge in [0.2, 0.25) is 0 Å². The molecule has 0 bridgehead atoms. The summed E-state index contributed by atoms with van der Waals surface area (Å²) < 4.78 is 0. The van der Waals surface area contributed by atoms with Crippen molar-refractivity contribution in [3.8, 4) is 0 Å². The van der Waals surface area contributed by atoms with Gasteiger partial charge < -0.3 is 20.0 Å². The Kier molecular flexibility index (Phi) is 9.46. The van der Waals surface area contributed by atoms with Crippen molar-refractivity contribution in [1.29, 1.82) is 0 Å². The van der Waals surface area contributed by atoms with Gasteiger partial charge in [-0.2, -0.15) is 0 Å². The molecule has 0 atom stereocenters. The summed E-state index contributed by atoms with van der Waals surface area (Å²) in [6.45, 7) is 3.02. The van der Waals surface area contributed by atoms with E-state index in [1.807, 2.05) is 0 Å². The normalized spacial score (nSPS) is 8.65. The van der Waals surface area contributed by atoms with E-state index in [4.69, 9.17) is 0 Å². The summed E-state index contributed by atoms with van der Waals surface area (Å²) in [5.74, 6) is -2.49. The molecule has 0 unspecified atom stereocenters. The maximum Gasteiger partial charge on any atom is 1.00 e. The SMILES string of the molecule is Cc1cc(C(=O)[O-])c(C)c(C(=O)O[O-])c1.[Na+].[Na+]. The molecule has 0 aromatic heterocycles. The summed E-state index contributed by atoms with van der Waals surface area (Å²) in [5.41, 5.74) is 0.543. The molecule has 0 heterocycles. The second-order valence-corrected chi connectivity index (χ2v) is 3.14. The van der Waals surface area contributed by atoms with Gasteiger partial charge in [-0.05, 0) is 37.1 Å². The van der Waals surface area contributed by atoms with Crippen molar-refractivity contribution in [3.05, 3.63) is 34.4 Å². The van der Waals surface area contributed by atoms with Crippen LogP contribution in [0.4, 0.5) is 0 Å². The van der Waals surface area contributed by atoms with Gasteiger partial charge in [0.05, 0.1) is 11.5 Å². The fraction of sp³-hybridized carbons (Fsp3) is 0.200. The zero-order valence-electron chi connectivity index (χ0n) is 10.2. The minimum atomic E-state index is -1.39. The van der Waals surface area contributed by atoms with E-state index in [0.29, 0.717) is 5.56 Å². The number of aryl methyl sites for hydroxylation is 1. The molecule has 0 saturated carbocycles. The number of hydrogen-bond acceptors (Lipinski definition) is 5. The van der Waals surface area contributed by atoms with Crippen LogP contribution in [0.5, 0.6) is 0 Å². The Balaban J connectivity index is 0. The zero-order valence-corrected chi connectivity index (χ0v) is 14.2. The molecule has 0 N–H and O–H groups in total. The largest absolute Gasteiger partial charge is 1.00 e. The first-order chi connectivity index (χ1) is 6.97. The predicted molar refractivity (Wildman–Crippen MR) is 45.7 cm³/mol. The van der Waals surface area contributed by atoms with Gasteiger partial charge >= 0.3 is 65.1 Å². The molecule has 1 rings (SSSR count). The molecular formula is C10H8Na2O5. The van der Waals surface area contributed by atoms with Crippen LogP contribution in [-0.2, 0) is 4.89 Å². The van der Waals surface area contributed by atoms with Gasteiger partial charge in [0, 0.05) is 5.56 Å². The quantitative estimate of drug-likeness (QED) is 0.297. The number of rotatable bonds is 2. The van der Waals surface area contributed by atoms with E-state index in [0.717, 1.165) is 0 Å². The average Bonchev–Trinajstić information content (AvgIpc) is 2.19. The van der Waals surface area contributed by atoms with Gasteiger partial charge in [-0.3, -0.25) is 0 Å². The third kappa shape index (κ3) is 4.71. The average molecular weight is 254 g/mol. The first-order valence-corrected chi connectivity index (χ1v) is 4.14. The Morgan fingerprint density at radius 1 is 1.12 bits per heavy atom. The molecule has 0 aliphatic heterocycles. The molecular weight excluding hydrogens is 246 g/mol. The van der Waals surface area contributed by atoms with Gasteiger partial charge in [-0.25, -0.2) is 4.79 Å². The summed E-state index contributed by atoms with van der Waals surface area (Å²) >= 11 is 0. The smallest absolute Gasteiger partial charge is 0.661 e. The first kappa shape index (κ1) is 19.5. The van der Waals surface area contributed by atoms with Gasteiger partial charge in [0.25, 0.3) is 0 Å². The van der Waals surface area contributed by atoms with Crippen molar-refractivity contribution < 1.29 is 84.0 Å². The monoisotopic (exact) mass is 254 g/mol. The summed E-state index contributed by atoms with van der Waals surface area (Å²) in [7, 11) is 0. The Morgan fingerprint density at radius 3 is 2.00 bits per heavy atom. The predicted octanol–water partition coefficient (Wildman–Crippen LogP) is -6.89. The number of carbonyl (C=O) groups excluding carboxylic acids is 2. The minimum absolute atomic E-state index is 0. The maximum absolute atomic E-state index is 11.0. The van der Waals surface area contributed by atoms with Crippen molar-refractivity contribution in [2.75, 3.05) is 0 Å². The van der Waals surface area contributed by atoms with Crippen LogP contribution in [0, 0.1) is 13.8 Å². The third-order valence-corrected chi connectivity index (χ3v) is 2.07. The molecule has 7 heteroatoms. The number of hydrogen-bond donors (Lipinski definition) is 0. The summed E-state index contributed by atoms with van der Waals surface area (Å²) in [6, 6.07) is 2.76. The van der Waals surface area contributed by atoms with Crippen LogP contribution in [0.1, 0.15) is 31.8 Å². The molecule has 0 spiro atoms. The Hall–Kier alpha value is 0.120. The standard InChI is InChI=1S/C10H10O5.2Na/c1-5-3-7(9(11)12)6(2)8(4-5)10(13)15-14;;/h3-4,14H,1-2H3,(H,11,12);;/q;2*+1/p-2. The second kappa shape index (κ2) is 8.26. The number of carboxylic acids is 1. The second-order valence-electron chi connectivity index (χ2n) is 3.14. The van der Waals surface area contributed by atoms with Crippen LogP contribution in [0.15, 0.2) is 12.1 Å². The summed E-state index contributed by atoms with van der Waals surface area (Å²) in [6.07, 6.45) is 0. The number of carboxylic acid groups (broad SMARTS) is 1. The fourth-order valence-corrected chi connectivity index (χ4v) is 1.33. The molecule has 80 valence electrons. The molecule has 0 aliphatic rings. The maximum atomic E-state index is 11.0. The van der Waals surface area contributed by atoms with Gasteiger partial charge in [0.15, 0.2) is 0 Å². The molecule has 0 amide bonds. The summed E-state index contributed by atoms with van der Waals surface area (Å²) in [4.78, 5) is 25.0.